The number of aromatic nitrogens is 1. The molecule has 0 aliphatic rings. The molecule has 7 heteroatoms. The molecular weight excluding hydrogens is 326 g/mol. The van der Waals surface area contributed by atoms with Gasteiger partial charge in [0.05, 0.1) is 17.0 Å². The van der Waals surface area contributed by atoms with Crippen molar-refractivity contribution in [3.63, 3.8) is 0 Å². The number of aryl methyl sites for hydroxylation is 2. The van der Waals surface area contributed by atoms with Crippen molar-refractivity contribution in [1.29, 1.82) is 0 Å². The Kier molecular flexibility index (Phi) is 4.31. The number of benzene rings is 1. The molecule has 0 spiro atoms. The van der Waals surface area contributed by atoms with Crippen LogP contribution in [-0.2, 0) is 13.0 Å². The molecule has 0 aliphatic carbocycles. The molecule has 2 aromatic heterocycles. The van der Waals surface area contributed by atoms with Gasteiger partial charge in [-0.2, -0.15) is 0 Å². The van der Waals surface area contributed by atoms with Crippen LogP contribution in [0.15, 0.2) is 38.4 Å². The zero-order valence-electron chi connectivity index (χ0n) is 13.9. The van der Waals surface area contributed by atoms with Gasteiger partial charge in [0.15, 0.2) is 10.9 Å². The molecule has 25 heavy (non-hydrogen) atoms. The van der Waals surface area contributed by atoms with Gasteiger partial charge in [0.25, 0.3) is 5.95 Å². The van der Waals surface area contributed by atoms with Crippen molar-refractivity contribution in [2.24, 2.45) is 0 Å². The second-order valence-electron chi connectivity index (χ2n) is 5.64. The Morgan fingerprint density at radius 3 is 2.60 bits per heavy atom. The molecule has 0 fully saturated rings. The smallest absolute Gasteiger partial charge is 0.449 e. The number of carbonyl (C=O) groups is 1. The SMILES string of the molecule is CCCc1c2oc(OC(=O)O)cc(=O)c2cc2c(=O)ccn(CC)c12. The van der Waals surface area contributed by atoms with E-state index in [-0.39, 0.29) is 22.3 Å². The van der Waals surface area contributed by atoms with Crippen molar-refractivity contribution < 1.29 is 19.1 Å². The fraction of sp³-hybridized carbons (Fsp3) is 0.278. The third kappa shape index (κ3) is 2.88. The number of nitrogens with zero attached hydrogens (tertiary/aromatic N) is 1. The Morgan fingerprint density at radius 1 is 1.20 bits per heavy atom. The first-order valence-corrected chi connectivity index (χ1v) is 7.99. The first-order valence-electron chi connectivity index (χ1n) is 7.99. The summed E-state index contributed by atoms with van der Waals surface area (Å²) in [6, 6.07) is 3.95. The summed E-state index contributed by atoms with van der Waals surface area (Å²) >= 11 is 0. The van der Waals surface area contributed by atoms with Crippen LogP contribution in [0.1, 0.15) is 25.8 Å². The summed E-state index contributed by atoms with van der Waals surface area (Å²) in [5, 5.41) is 9.44. The Labute approximate surface area is 142 Å². The van der Waals surface area contributed by atoms with Crippen molar-refractivity contribution in [2.45, 2.75) is 33.2 Å². The van der Waals surface area contributed by atoms with E-state index < -0.39 is 11.6 Å². The van der Waals surface area contributed by atoms with Gasteiger partial charge in [0.1, 0.15) is 5.58 Å². The van der Waals surface area contributed by atoms with E-state index >= 15 is 0 Å². The minimum atomic E-state index is -1.56. The summed E-state index contributed by atoms with van der Waals surface area (Å²) in [5.41, 5.74) is 1.01. The lowest BCUT2D eigenvalue weighted by molar-refractivity contribution is 0.133. The average Bonchev–Trinajstić information content (AvgIpc) is 2.56. The van der Waals surface area contributed by atoms with Crippen molar-refractivity contribution >= 4 is 28.0 Å². The second kappa shape index (κ2) is 6.43. The molecule has 0 saturated carbocycles. The van der Waals surface area contributed by atoms with Gasteiger partial charge in [-0.15, -0.1) is 0 Å². The van der Waals surface area contributed by atoms with E-state index in [4.69, 9.17) is 9.52 Å². The summed E-state index contributed by atoms with van der Waals surface area (Å²) in [6.07, 6.45) is 1.46. The summed E-state index contributed by atoms with van der Waals surface area (Å²) in [6.45, 7) is 4.55. The highest BCUT2D eigenvalue weighted by Crippen LogP contribution is 2.29. The molecule has 1 N–H and O–H groups in total. The van der Waals surface area contributed by atoms with E-state index in [9.17, 15) is 14.4 Å². The van der Waals surface area contributed by atoms with Gasteiger partial charge in [-0.1, -0.05) is 13.3 Å². The molecule has 0 radical (unpaired) electrons. The minimum Gasteiger partial charge on any atom is -0.449 e. The van der Waals surface area contributed by atoms with Gasteiger partial charge < -0.3 is 18.8 Å². The highest BCUT2D eigenvalue weighted by Gasteiger charge is 2.18. The van der Waals surface area contributed by atoms with Crippen LogP contribution in [0.25, 0.3) is 21.9 Å². The summed E-state index contributed by atoms with van der Waals surface area (Å²) in [4.78, 5) is 35.5. The maximum atomic E-state index is 12.4. The molecule has 0 atom stereocenters. The Bertz CT molecular complexity index is 1090. The highest BCUT2D eigenvalue weighted by atomic mass is 16.7. The van der Waals surface area contributed by atoms with E-state index in [1.54, 1.807) is 6.20 Å². The maximum absolute atomic E-state index is 12.4. The van der Waals surface area contributed by atoms with Crippen LogP contribution in [0.3, 0.4) is 0 Å². The fourth-order valence-electron chi connectivity index (χ4n) is 3.05. The molecule has 3 aromatic rings. The largest absolute Gasteiger partial charge is 0.513 e. The first-order chi connectivity index (χ1) is 12.0. The van der Waals surface area contributed by atoms with Crippen LogP contribution < -0.4 is 15.6 Å². The fourth-order valence-corrected chi connectivity index (χ4v) is 3.05. The molecule has 0 amide bonds. The zero-order valence-corrected chi connectivity index (χ0v) is 13.9. The molecular formula is C18H17NO6. The number of carboxylic acid groups (broad SMARTS) is 1. The van der Waals surface area contributed by atoms with Crippen molar-refractivity contribution in [3.8, 4) is 5.95 Å². The predicted octanol–water partition coefficient (Wildman–Crippen LogP) is 3.14. The van der Waals surface area contributed by atoms with Gasteiger partial charge in [0, 0.05) is 29.8 Å². The standard InChI is InChI=1S/C18H17NO6/c1-3-5-10-16-11(13(20)6-7-19(16)4-2)8-12-14(21)9-15(24-17(10)12)25-18(22)23/h6-9H,3-5H2,1-2H3,(H,22,23). The number of rotatable bonds is 4. The monoisotopic (exact) mass is 343 g/mol. The lowest BCUT2D eigenvalue weighted by Crippen LogP contribution is -2.13. The average molecular weight is 343 g/mol. The Hall–Kier alpha value is -3.09. The van der Waals surface area contributed by atoms with Crippen LogP contribution in [0.4, 0.5) is 4.79 Å². The van der Waals surface area contributed by atoms with Gasteiger partial charge in [-0.3, -0.25) is 9.59 Å². The van der Waals surface area contributed by atoms with Crippen molar-refractivity contribution in [1.82, 2.24) is 4.57 Å². The number of hydrogen-bond acceptors (Lipinski definition) is 5. The van der Waals surface area contributed by atoms with Crippen LogP contribution >= 0.6 is 0 Å². The summed E-state index contributed by atoms with van der Waals surface area (Å²) in [7, 11) is 0. The summed E-state index contributed by atoms with van der Waals surface area (Å²) < 4.78 is 12.0. The van der Waals surface area contributed by atoms with E-state index in [0.717, 1.165) is 12.5 Å². The molecule has 0 saturated heterocycles. The highest BCUT2D eigenvalue weighted by molar-refractivity contribution is 5.98. The molecule has 0 bridgehead atoms. The van der Waals surface area contributed by atoms with E-state index in [1.165, 1.54) is 12.1 Å². The molecule has 0 aliphatic heterocycles. The van der Waals surface area contributed by atoms with Gasteiger partial charge in [-0.05, 0) is 19.4 Å². The third-order valence-corrected chi connectivity index (χ3v) is 4.05. The molecule has 0 unspecified atom stereocenters. The topological polar surface area (TPSA) is 98.7 Å². The maximum Gasteiger partial charge on any atom is 0.513 e. The number of fused-ring (bicyclic) bond motifs is 2. The lowest BCUT2D eigenvalue weighted by atomic mass is 10.0. The lowest BCUT2D eigenvalue weighted by Gasteiger charge is -2.14. The quantitative estimate of drug-likeness (QED) is 0.577. The van der Waals surface area contributed by atoms with Gasteiger partial charge >= 0.3 is 6.16 Å². The van der Waals surface area contributed by atoms with Gasteiger partial charge in [0.2, 0.25) is 0 Å². The van der Waals surface area contributed by atoms with Gasteiger partial charge in [-0.25, -0.2) is 4.79 Å². The zero-order chi connectivity index (χ0) is 18.1. The van der Waals surface area contributed by atoms with Crippen molar-refractivity contribution in [3.05, 3.63) is 50.4 Å². The van der Waals surface area contributed by atoms with Crippen LogP contribution in [-0.4, -0.2) is 15.8 Å². The normalized spacial score (nSPS) is 11.1. The number of hydrogen-bond donors (Lipinski definition) is 1. The van der Waals surface area contributed by atoms with E-state index in [0.29, 0.717) is 29.4 Å². The second-order valence-corrected chi connectivity index (χ2v) is 5.64. The molecule has 1 aromatic carbocycles. The Balaban J connectivity index is 2.52. The van der Waals surface area contributed by atoms with E-state index in [1.807, 2.05) is 18.4 Å². The van der Waals surface area contributed by atoms with Crippen molar-refractivity contribution in [2.75, 3.05) is 0 Å². The molecule has 130 valence electrons. The molecule has 2 heterocycles. The Morgan fingerprint density at radius 2 is 1.96 bits per heavy atom. The summed E-state index contributed by atoms with van der Waals surface area (Å²) in [5.74, 6) is -0.386. The minimum absolute atomic E-state index is 0.177. The van der Waals surface area contributed by atoms with Crippen LogP contribution in [0, 0.1) is 0 Å². The predicted molar refractivity (Wildman–Crippen MR) is 92.6 cm³/mol. The van der Waals surface area contributed by atoms with E-state index in [2.05, 4.69) is 4.74 Å². The number of pyridine rings is 1. The molecule has 7 nitrogen and oxygen atoms in total. The van der Waals surface area contributed by atoms with Crippen LogP contribution in [0.2, 0.25) is 0 Å². The number of ether oxygens (including phenoxy) is 1. The third-order valence-electron chi connectivity index (χ3n) is 4.05. The van der Waals surface area contributed by atoms with Crippen LogP contribution in [0.5, 0.6) is 5.95 Å². The first kappa shape index (κ1) is 16.8. The molecule has 3 rings (SSSR count).